The third-order valence-corrected chi connectivity index (χ3v) is 4.96. The molecule has 4 nitrogen and oxygen atoms in total. The van der Waals surface area contributed by atoms with Gasteiger partial charge < -0.3 is 0 Å². The standard InChI is InChI=1S/C15H14FN3OS2/c1-8(2)6-13-18-19-15(22-13)17-14(20)12-7-9-10(16)4-3-5-11(9)21-12/h3-5,7-8H,6H2,1-2H3,(H,17,19,20). The summed E-state index contributed by atoms with van der Waals surface area (Å²) in [6.45, 7) is 4.21. The van der Waals surface area contributed by atoms with Crippen LogP contribution in [0.2, 0.25) is 0 Å². The Bertz CT molecular complexity index is 825. The minimum Gasteiger partial charge on any atom is -0.296 e. The summed E-state index contributed by atoms with van der Waals surface area (Å²) in [4.78, 5) is 12.7. The van der Waals surface area contributed by atoms with Gasteiger partial charge in [0.1, 0.15) is 10.8 Å². The van der Waals surface area contributed by atoms with E-state index in [1.54, 1.807) is 18.2 Å². The highest BCUT2D eigenvalue weighted by atomic mass is 32.1. The lowest BCUT2D eigenvalue weighted by molar-refractivity contribution is 0.103. The van der Waals surface area contributed by atoms with Crippen LogP contribution in [0.1, 0.15) is 28.5 Å². The fourth-order valence-corrected chi connectivity index (χ4v) is 3.95. The molecule has 0 unspecified atom stereocenters. The van der Waals surface area contributed by atoms with Crippen molar-refractivity contribution in [1.29, 1.82) is 0 Å². The van der Waals surface area contributed by atoms with Gasteiger partial charge in [0.05, 0.1) is 4.88 Å². The molecule has 0 saturated heterocycles. The van der Waals surface area contributed by atoms with Crippen molar-refractivity contribution in [1.82, 2.24) is 10.2 Å². The van der Waals surface area contributed by atoms with Crippen molar-refractivity contribution in [2.45, 2.75) is 20.3 Å². The molecular weight excluding hydrogens is 321 g/mol. The van der Waals surface area contributed by atoms with E-state index in [1.807, 2.05) is 0 Å². The van der Waals surface area contributed by atoms with Gasteiger partial charge in [-0.2, -0.15) is 0 Å². The van der Waals surface area contributed by atoms with Crippen molar-refractivity contribution in [3.05, 3.63) is 40.0 Å². The van der Waals surface area contributed by atoms with E-state index in [9.17, 15) is 9.18 Å². The summed E-state index contributed by atoms with van der Waals surface area (Å²) in [5.41, 5.74) is 0. The van der Waals surface area contributed by atoms with E-state index < -0.39 is 0 Å². The Kier molecular flexibility index (Phi) is 4.17. The number of amides is 1. The van der Waals surface area contributed by atoms with Crippen molar-refractivity contribution in [3.63, 3.8) is 0 Å². The van der Waals surface area contributed by atoms with Gasteiger partial charge in [0.25, 0.3) is 5.91 Å². The Morgan fingerprint density at radius 2 is 2.14 bits per heavy atom. The Hall–Kier alpha value is -1.86. The number of hydrogen-bond donors (Lipinski definition) is 1. The molecule has 0 fully saturated rings. The summed E-state index contributed by atoms with van der Waals surface area (Å²) in [5, 5.41) is 12.6. The number of carbonyl (C=O) groups is 1. The number of anilines is 1. The van der Waals surface area contributed by atoms with E-state index in [-0.39, 0.29) is 11.7 Å². The van der Waals surface area contributed by atoms with E-state index in [1.165, 1.54) is 28.7 Å². The fourth-order valence-electron chi connectivity index (χ4n) is 2.03. The van der Waals surface area contributed by atoms with Crippen LogP contribution in [0.15, 0.2) is 24.3 Å². The second-order valence-corrected chi connectivity index (χ2v) is 7.46. The van der Waals surface area contributed by atoms with Crippen molar-refractivity contribution >= 4 is 43.8 Å². The predicted molar refractivity (Wildman–Crippen MR) is 88.2 cm³/mol. The van der Waals surface area contributed by atoms with Crippen molar-refractivity contribution in [2.24, 2.45) is 5.92 Å². The van der Waals surface area contributed by atoms with Gasteiger partial charge in [-0.3, -0.25) is 10.1 Å². The van der Waals surface area contributed by atoms with Crippen LogP contribution in [0, 0.1) is 11.7 Å². The molecule has 3 rings (SSSR count). The average Bonchev–Trinajstić information content (AvgIpc) is 3.05. The lowest BCUT2D eigenvalue weighted by Crippen LogP contribution is -2.09. The van der Waals surface area contributed by atoms with Crippen LogP contribution in [0.5, 0.6) is 0 Å². The molecule has 114 valence electrons. The van der Waals surface area contributed by atoms with Gasteiger partial charge in [-0.1, -0.05) is 31.3 Å². The lowest BCUT2D eigenvalue weighted by atomic mass is 10.1. The van der Waals surface area contributed by atoms with Gasteiger partial charge in [-0.15, -0.1) is 21.5 Å². The Labute approximate surface area is 135 Å². The third-order valence-electron chi connectivity index (χ3n) is 3.00. The van der Waals surface area contributed by atoms with Crippen molar-refractivity contribution < 1.29 is 9.18 Å². The molecule has 1 amide bonds. The average molecular weight is 335 g/mol. The number of aromatic nitrogens is 2. The Morgan fingerprint density at radius 1 is 1.32 bits per heavy atom. The number of halogens is 1. The fraction of sp³-hybridized carbons (Fsp3) is 0.267. The van der Waals surface area contributed by atoms with Gasteiger partial charge >= 0.3 is 0 Å². The van der Waals surface area contributed by atoms with E-state index in [2.05, 4.69) is 29.4 Å². The van der Waals surface area contributed by atoms with Crippen LogP contribution in [0.4, 0.5) is 9.52 Å². The van der Waals surface area contributed by atoms with Gasteiger partial charge in [0.2, 0.25) is 5.13 Å². The number of thiophene rings is 1. The zero-order valence-corrected chi connectivity index (χ0v) is 13.7. The second-order valence-electron chi connectivity index (χ2n) is 5.32. The summed E-state index contributed by atoms with van der Waals surface area (Å²) in [6.07, 6.45) is 0.835. The van der Waals surface area contributed by atoms with Crippen molar-refractivity contribution in [2.75, 3.05) is 5.32 Å². The van der Waals surface area contributed by atoms with Gasteiger partial charge in [0.15, 0.2) is 0 Å². The van der Waals surface area contributed by atoms with Crippen LogP contribution in [-0.4, -0.2) is 16.1 Å². The maximum absolute atomic E-state index is 13.7. The highest BCUT2D eigenvalue weighted by Crippen LogP contribution is 2.28. The number of benzene rings is 1. The monoisotopic (exact) mass is 335 g/mol. The molecule has 0 bridgehead atoms. The van der Waals surface area contributed by atoms with Gasteiger partial charge in [-0.05, 0) is 24.1 Å². The first-order chi connectivity index (χ1) is 10.5. The molecule has 0 saturated carbocycles. The molecule has 3 aromatic rings. The minimum absolute atomic E-state index is 0.284. The normalized spacial score (nSPS) is 11.3. The zero-order chi connectivity index (χ0) is 15.7. The Balaban J connectivity index is 1.78. The van der Waals surface area contributed by atoms with E-state index in [0.29, 0.717) is 21.3 Å². The molecule has 0 atom stereocenters. The lowest BCUT2D eigenvalue weighted by Gasteiger charge is -1.98. The van der Waals surface area contributed by atoms with Gasteiger partial charge in [0, 0.05) is 16.5 Å². The van der Waals surface area contributed by atoms with E-state index in [4.69, 9.17) is 0 Å². The summed E-state index contributed by atoms with van der Waals surface area (Å²) >= 11 is 2.63. The topological polar surface area (TPSA) is 54.9 Å². The number of fused-ring (bicyclic) bond motifs is 1. The van der Waals surface area contributed by atoms with Crippen LogP contribution in [0.3, 0.4) is 0 Å². The molecule has 22 heavy (non-hydrogen) atoms. The molecule has 1 N–H and O–H groups in total. The van der Waals surface area contributed by atoms with E-state index >= 15 is 0 Å². The number of rotatable bonds is 4. The largest absolute Gasteiger partial charge is 0.296 e. The van der Waals surface area contributed by atoms with E-state index in [0.717, 1.165) is 16.1 Å². The van der Waals surface area contributed by atoms with Crippen LogP contribution in [0.25, 0.3) is 10.1 Å². The minimum atomic E-state index is -0.317. The first kappa shape index (κ1) is 15.1. The SMILES string of the molecule is CC(C)Cc1nnc(NC(=O)c2cc3c(F)cccc3s2)s1. The highest BCUT2D eigenvalue weighted by molar-refractivity contribution is 7.21. The second kappa shape index (κ2) is 6.10. The first-order valence-electron chi connectivity index (χ1n) is 6.84. The highest BCUT2D eigenvalue weighted by Gasteiger charge is 2.15. The predicted octanol–water partition coefficient (Wildman–Crippen LogP) is 4.34. The number of nitrogens with zero attached hydrogens (tertiary/aromatic N) is 2. The summed E-state index contributed by atoms with van der Waals surface area (Å²) in [6, 6.07) is 6.39. The molecule has 1 aromatic carbocycles. The van der Waals surface area contributed by atoms with Crippen molar-refractivity contribution in [3.8, 4) is 0 Å². The molecular formula is C15H14FN3OS2. The molecule has 0 aliphatic heterocycles. The maximum atomic E-state index is 13.7. The van der Waals surface area contributed by atoms with Crippen LogP contribution >= 0.6 is 22.7 Å². The molecule has 0 spiro atoms. The molecule has 0 aliphatic rings. The number of nitrogens with one attached hydrogen (secondary N) is 1. The first-order valence-corrected chi connectivity index (χ1v) is 8.48. The molecule has 0 aliphatic carbocycles. The molecule has 0 radical (unpaired) electrons. The third kappa shape index (κ3) is 3.15. The summed E-state index contributed by atoms with van der Waals surface area (Å²) in [5.74, 6) is -0.113. The maximum Gasteiger partial charge on any atom is 0.267 e. The van der Waals surface area contributed by atoms with Gasteiger partial charge in [-0.25, -0.2) is 4.39 Å². The molecule has 7 heteroatoms. The van der Waals surface area contributed by atoms with Crippen LogP contribution < -0.4 is 5.32 Å². The zero-order valence-electron chi connectivity index (χ0n) is 12.1. The quantitative estimate of drug-likeness (QED) is 0.771. The summed E-state index contributed by atoms with van der Waals surface area (Å²) in [7, 11) is 0. The molecule has 2 aromatic heterocycles. The molecule has 2 heterocycles. The smallest absolute Gasteiger partial charge is 0.267 e. The Morgan fingerprint density at radius 3 is 2.86 bits per heavy atom. The number of hydrogen-bond acceptors (Lipinski definition) is 5. The summed E-state index contributed by atoms with van der Waals surface area (Å²) < 4.78 is 14.4. The number of carbonyl (C=O) groups excluding carboxylic acids is 1. The van der Waals surface area contributed by atoms with Crippen LogP contribution in [-0.2, 0) is 6.42 Å².